The standard InChI is InChI=1S/C17H16O2/c18-17(11-14-7-8-19-12-14)10-13-5-6-15-3-1-2-4-16(15)9-13/h1-9,12,17-18H,10-11H2. The number of aliphatic hydroxyl groups is 1. The molecule has 96 valence electrons. The minimum Gasteiger partial charge on any atom is -0.472 e. The maximum atomic E-state index is 10.1. The summed E-state index contributed by atoms with van der Waals surface area (Å²) in [6.07, 6.45) is 4.24. The molecule has 1 N–H and O–H groups in total. The molecule has 3 rings (SSSR count). The van der Waals surface area contributed by atoms with Crippen molar-refractivity contribution in [3.05, 3.63) is 72.2 Å². The van der Waals surface area contributed by atoms with Gasteiger partial charge in [-0.3, -0.25) is 0 Å². The van der Waals surface area contributed by atoms with Crippen LogP contribution >= 0.6 is 0 Å². The van der Waals surface area contributed by atoms with Gasteiger partial charge >= 0.3 is 0 Å². The van der Waals surface area contributed by atoms with E-state index in [1.54, 1.807) is 12.5 Å². The molecule has 1 heterocycles. The maximum absolute atomic E-state index is 10.1. The summed E-state index contributed by atoms with van der Waals surface area (Å²) in [5.74, 6) is 0. The van der Waals surface area contributed by atoms with Crippen molar-refractivity contribution in [1.29, 1.82) is 0 Å². The Morgan fingerprint density at radius 3 is 2.47 bits per heavy atom. The van der Waals surface area contributed by atoms with Crippen molar-refractivity contribution in [2.75, 3.05) is 0 Å². The Kier molecular flexibility index (Phi) is 3.34. The number of hydrogen-bond acceptors (Lipinski definition) is 2. The van der Waals surface area contributed by atoms with Crippen molar-refractivity contribution in [2.45, 2.75) is 18.9 Å². The van der Waals surface area contributed by atoms with E-state index in [4.69, 9.17) is 4.42 Å². The lowest BCUT2D eigenvalue weighted by atomic mass is 10.00. The van der Waals surface area contributed by atoms with Crippen LogP contribution in [0.25, 0.3) is 10.8 Å². The van der Waals surface area contributed by atoms with Gasteiger partial charge in [0, 0.05) is 6.42 Å². The third-order valence-corrected chi connectivity index (χ3v) is 3.34. The Morgan fingerprint density at radius 2 is 1.68 bits per heavy atom. The zero-order chi connectivity index (χ0) is 13.1. The average Bonchev–Trinajstić information content (AvgIpc) is 2.91. The minimum atomic E-state index is -0.376. The van der Waals surface area contributed by atoms with Crippen molar-refractivity contribution in [3.8, 4) is 0 Å². The van der Waals surface area contributed by atoms with Gasteiger partial charge in [-0.1, -0.05) is 42.5 Å². The minimum absolute atomic E-state index is 0.376. The van der Waals surface area contributed by atoms with Gasteiger partial charge in [-0.05, 0) is 34.4 Å². The second-order valence-corrected chi connectivity index (χ2v) is 4.88. The van der Waals surface area contributed by atoms with Gasteiger partial charge in [-0.2, -0.15) is 0 Å². The van der Waals surface area contributed by atoms with E-state index < -0.39 is 0 Å². The summed E-state index contributed by atoms with van der Waals surface area (Å²) in [5.41, 5.74) is 2.20. The number of hydrogen-bond donors (Lipinski definition) is 1. The maximum Gasteiger partial charge on any atom is 0.0935 e. The first-order valence-corrected chi connectivity index (χ1v) is 6.48. The average molecular weight is 252 g/mol. The van der Waals surface area contributed by atoms with Gasteiger partial charge in [0.25, 0.3) is 0 Å². The van der Waals surface area contributed by atoms with Gasteiger partial charge in [-0.25, -0.2) is 0 Å². The third-order valence-electron chi connectivity index (χ3n) is 3.34. The first-order chi connectivity index (χ1) is 9.31. The normalized spacial score (nSPS) is 12.7. The van der Waals surface area contributed by atoms with E-state index in [0.717, 1.165) is 11.1 Å². The van der Waals surface area contributed by atoms with Crippen LogP contribution in [0.15, 0.2) is 65.5 Å². The molecule has 2 heteroatoms. The first kappa shape index (κ1) is 12.0. The van der Waals surface area contributed by atoms with E-state index in [-0.39, 0.29) is 6.10 Å². The molecule has 0 radical (unpaired) electrons. The van der Waals surface area contributed by atoms with Crippen LogP contribution in [-0.4, -0.2) is 11.2 Å². The Bertz CT molecular complexity index is 656. The summed E-state index contributed by atoms with van der Waals surface area (Å²) in [4.78, 5) is 0. The lowest BCUT2D eigenvalue weighted by molar-refractivity contribution is 0.175. The summed E-state index contributed by atoms with van der Waals surface area (Å²) in [7, 11) is 0. The quantitative estimate of drug-likeness (QED) is 0.770. The number of rotatable bonds is 4. The SMILES string of the molecule is OC(Cc1ccoc1)Cc1ccc2ccccc2c1. The van der Waals surface area contributed by atoms with E-state index in [1.807, 2.05) is 18.2 Å². The van der Waals surface area contributed by atoms with E-state index >= 15 is 0 Å². The van der Waals surface area contributed by atoms with Crippen LogP contribution in [0.4, 0.5) is 0 Å². The molecule has 3 aromatic rings. The molecule has 1 atom stereocenters. The smallest absolute Gasteiger partial charge is 0.0935 e. The summed E-state index contributed by atoms with van der Waals surface area (Å²) in [6, 6.07) is 16.5. The molecule has 0 saturated carbocycles. The Balaban J connectivity index is 1.73. The Hall–Kier alpha value is -2.06. The summed E-state index contributed by atoms with van der Waals surface area (Å²) < 4.78 is 5.01. The van der Waals surface area contributed by atoms with Crippen LogP contribution in [0, 0.1) is 0 Å². The van der Waals surface area contributed by atoms with E-state index in [1.165, 1.54) is 10.8 Å². The first-order valence-electron chi connectivity index (χ1n) is 6.48. The van der Waals surface area contributed by atoms with Crippen molar-refractivity contribution >= 4 is 10.8 Å². The molecule has 0 bridgehead atoms. The lowest BCUT2D eigenvalue weighted by Gasteiger charge is -2.10. The van der Waals surface area contributed by atoms with Crippen LogP contribution in [0.1, 0.15) is 11.1 Å². The Morgan fingerprint density at radius 1 is 0.895 bits per heavy atom. The van der Waals surface area contributed by atoms with Crippen LogP contribution in [0.3, 0.4) is 0 Å². The molecule has 1 aromatic heterocycles. The van der Waals surface area contributed by atoms with Gasteiger partial charge in [0.1, 0.15) is 0 Å². The molecule has 0 aliphatic rings. The molecule has 2 nitrogen and oxygen atoms in total. The zero-order valence-corrected chi connectivity index (χ0v) is 10.6. The molecule has 0 amide bonds. The van der Waals surface area contributed by atoms with Crippen molar-refractivity contribution in [1.82, 2.24) is 0 Å². The van der Waals surface area contributed by atoms with Crippen molar-refractivity contribution in [2.24, 2.45) is 0 Å². The zero-order valence-electron chi connectivity index (χ0n) is 10.6. The summed E-state index contributed by atoms with van der Waals surface area (Å²) in [6.45, 7) is 0. The number of fused-ring (bicyclic) bond motifs is 1. The number of aliphatic hydroxyl groups excluding tert-OH is 1. The second-order valence-electron chi connectivity index (χ2n) is 4.88. The lowest BCUT2D eigenvalue weighted by Crippen LogP contribution is -2.13. The van der Waals surface area contributed by atoms with Crippen LogP contribution in [0.2, 0.25) is 0 Å². The van der Waals surface area contributed by atoms with Crippen molar-refractivity contribution < 1.29 is 9.52 Å². The molecule has 0 aliphatic heterocycles. The molecular weight excluding hydrogens is 236 g/mol. The van der Waals surface area contributed by atoms with Crippen LogP contribution < -0.4 is 0 Å². The molecule has 19 heavy (non-hydrogen) atoms. The van der Waals surface area contributed by atoms with Crippen molar-refractivity contribution in [3.63, 3.8) is 0 Å². The topological polar surface area (TPSA) is 33.4 Å². The van der Waals surface area contributed by atoms with Gasteiger partial charge in [0.2, 0.25) is 0 Å². The molecule has 2 aromatic carbocycles. The fourth-order valence-electron chi connectivity index (χ4n) is 2.39. The number of furan rings is 1. The van der Waals surface area contributed by atoms with Gasteiger partial charge in [0.05, 0.1) is 18.6 Å². The Labute approximate surface area is 112 Å². The number of benzene rings is 2. The molecule has 0 fully saturated rings. The molecule has 0 spiro atoms. The fourth-order valence-corrected chi connectivity index (χ4v) is 2.39. The monoisotopic (exact) mass is 252 g/mol. The predicted molar refractivity (Wildman–Crippen MR) is 76.1 cm³/mol. The highest BCUT2D eigenvalue weighted by molar-refractivity contribution is 5.82. The molecule has 0 aliphatic carbocycles. The van der Waals surface area contributed by atoms with E-state index in [0.29, 0.717) is 12.8 Å². The van der Waals surface area contributed by atoms with Crippen LogP contribution in [0.5, 0.6) is 0 Å². The van der Waals surface area contributed by atoms with E-state index in [9.17, 15) is 5.11 Å². The van der Waals surface area contributed by atoms with Gasteiger partial charge in [-0.15, -0.1) is 0 Å². The third kappa shape index (κ3) is 2.85. The van der Waals surface area contributed by atoms with E-state index in [2.05, 4.69) is 30.3 Å². The molecule has 0 saturated heterocycles. The van der Waals surface area contributed by atoms with Crippen LogP contribution in [-0.2, 0) is 12.8 Å². The molecular formula is C17H16O2. The highest BCUT2D eigenvalue weighted by atomic mass is 16.3. The summed E-state index contributed by atoms with van der Waals surface area (Å²) >= 11 is 0. The summed E-state index contributed by atoms with van der Waals surface area (Å²) in [5, 5.41) is 12.6. The van der Waals surface area contributed by atoms with Gasteiger partial charge in [0.15, 0.2) is 0 Å². The predicted octanol–water partition coefficient (Wildman–Crippen LogP) is 3.58. The highest BCUT2D eigenvalue weighted by Gasteiger charge is 2.08. The molecule has 1 unspecified atom stereocenters. The fraction of sp³-hybridized carbons (Fsp3) is 0.176. The second kappa shape index (κ2) is 5.29. The highest BCUT2D eigenvalue weighted by Crippen LogP contribution is 2.17. The van der Waals surface area contributed by atoms with Gasteiger partial charge < -0.3 is 9.52 Å². The largest absolute Gasteiger partial charge is 0.472 e.